The Balaban J connectivity index is 1.82. The molecule has 0 aliphatic carbocycles. The topological polar surface area (TPSA) is 98.3 Å². The van der Waals surface area contributed by atoms with Crippen LogP contribution < -0.4 is 11.3 Å². The van der Waals surface area contributed by atoms with Crippen LogP contribution >= 0.6 is 0 Å². The van der Waals surface area contributed by atoms with Crippen LogP contribution in [0, 0.1) is 0 Å². The van der Waals surface area contributed by atoms with E-state index in [1.54, 1.807) is 10.9 Å². The minimum absolute atomic E-state index is 0.229. The molecule has 0 radical (unpaired) electrons. The highest BCUT2D eigenvalue weighted by Gasteiger charge is 2.16. The lowest BCUT2D eigenvalue weighted by atomic mass is 10.3. The average molecular weight is 254 g/mol. The molecule has 8 nitrogen and oxygen atoms in total. The van der Waals surface area contributed by atoms with Gasteiger partial charge >= 0.3 is 0 Å². The van der Waals surface area contributed by atoms with E-state index in [1.807, 2.05) is 5.43 Å². The lowest BCUT2D eigenvalue weighted by Gasteiger charge is -2.30. The largest absolute Gasteiger partial charge is 0.376 e. The normalized spacial score (nSPS) is 20.9. The smallest absolute Gasteiger partial charge is 0.287 e. The summed E-state index contributed by atoms with van der Waals surface area (Å²) in [6.07, 6.45) is 1.86. The molecule has 2 heterocycles. The van der Waals surface area contributed by atoms with Gasteiger partial charge in [-0.3, -0.25) is 19.8 Å². The molecule has 2 rings (SSSR count). The quantitative estimate of drug-likeness (QED) is 0.390. The number of hydrogen-bond acceptors (Lipinski definition) is 6. The van der Waals surface area contributed by atoms with E-state index in [4.69, 9.17) is 10.6 Å². The minimum atomic E-state index is -0.429. The van der Waals surface area contributed by atoms with Crippen molar-refractivity contribution in [3.63, 3.8) is 0 Å². The lowest BCUT2D eigenvalue weighted by Crippen LogP contribution is -2.42. The number of morpholine rings is 1. The van der Waals surface area contributed by atoms with Crippen molar-refractivity contribution >= 4 is 5.91 Å². The average Bonchev–Trinajstić information content (AvgIpc) is 2.84. The van der Waals surface area contributed by atoms with Crippen molar-refractivity contribution in [1.29, 1.82) is 0 Å². The number of aromatic nitrogens is 3. The van der Waals surface area contributed by atoms with Gasteiger partial charge in [0.15, 0.2) is 5.69 Å². The van der Waals surface area contributed by atoms with E-state index in [0.29, 0.717) is 6.54 Å². The van der Waals surface area contributed by atoms with Gasteiger partial charge in [-0.05, 0) is 6.92 Å². The molecule has 0 saturated carbocycles. The molecular weight excluding hydrogens is 236 g/mol. The number of nitrogens with zero attached hydrogens (tertiary/aromatic N) is 4. The van der Waals surface area contributed by atoms with Crippen molar-refractivity contribution in [2.75, 3.05) is 26.2 Å². The van der Waals surface area contributed by atoms with Gasteiger partial charge in [0.1, 0.15) is 0 Å². The molecule has 1 aromatic rings. The Bertz CT molecular complexity index is 407. The molecule has 0 spiro atoms. The lowest BCUT2D eigenvalue weighted by molar-refractivity contribution is -0.0194. The second kappa shape index (κ2) is 5.89. The van der Waals surface area contributed by atoms with Crippen molar-refractivity contribution < 1.29 is 9.53 Å². The van der Waals surface area contributed by atoms with Crippen LogP contribution in [0.15, 0.2) is 6.20 Å². The Morgan fingerprint density at radius 2 is 2.50 bits per heavy atom. The van der Waals surface area contributed by atoms with E-state index in [9.17, 15) is 4.79 Å². The van der Waals surface area contributed by atoms with Crippen LogP contribution in [0.1, 0.15) is 17.4 Å². The van der Waals surface area contributed by atoms with Gasteiger partial charge in [0.05, 0.1) is 25.5 Å². The number of amides is 1. The van der Waals surface area contributed by atoms with Crippen LogP contribution in [0.3, 0.4) is 0 Å². The fourth-order valence-electron chi connectivity index (χ4n) is 1.92. The van der Waals surface area contributed by atoms with Gasteiger partial charge in [-0.15, -0.1) is 5.10 Å². The van der Waals surface area contributed by atoms with Crippen molar-refractivity contribution in [2.45, 2.75) is 19.6 Å². The first-order chi connectivity index (χ1) is 8.69. The summed E-state index contributed by atoms with van der Waals surface area (Å²) in [6.45, 7) is 6.23. The van der Waals surface area contributed by atoms with Crippen molar-refractivity contribution in [2.24, 2.45) is 5.84 Å². The molecule has 1 fully saturated rings. The van der Waals surface area contributed by atoms with E-state index in [1.165, 1.54) is 0 Å². The number of nitrogens with two attached hydrogens (primary N) is 1. The number of nitrogens with one attached hydrogen (secondary N) is 1. The number of nitrogen functional groups attached to an aromatic ring is 1. The summed E-state index contributed by atoms with van der Waals surface area (Å²) in [5.74, 6) is 4.59. The van der Waals surface area contributed by atoms with Crippen LogP contribution in [0.5, 0.6) is 0 Å². The maximum absolute atomic E-state index is 11.2. The Labute approximate surface area is 105 Å². The summed E-state index contributed by atoms with van der Waals surface area (Å²) >= 11 is 0. The molecule has 1 aliphatic heterocycles. The Morgan fingerprint density at radius 3 is 3.22 bits per heavy atom. The molecular formula is C10H18N6O2. The molecule has 1 saturated heterocycles. The third-order valence-corrected chi connectivity index (χ3v) is 2.87. The molecule has 1 unspecified atom stereocenters. The molecule has 0 bridgehead atoms. The zero-order valence-electron chi connectivity index (χ0n) is 10.4. The monoisotopic (exact) mass is 254 g/mol. The molecule has 3 N–H and O–H groups in total. The molecule has 1 aromatic heterocycles. The third kappa shape index (κ3) is 3.25. The first kappa shape index (κ1) is 12.9. The second-order valence-corrected chi connectivity index (χ2v) is 4.32. The Hall–Kier alpha value is -1.51. The fraction of sp³-hybridized carbons (Fsp3) is 0.700. The first-order valence-electron chi connectivity index (χ1n) is 5.94. The van der Waals surface area contributed by atoms with E-state index in [-0.39, 0.29) is 11.8 Å². The SMILES string of the molecule is CC1CN(CCn2cc(C(=O)NN)nn2)CCO1. The highest BCUT2D eigenvalue weighted by molar-refractivity contribution is 5.91. The molecule has 1 amide bonds. The van der Waals surface area contributed by atoms with Gasteiger partial charge in [0.25, 0.3) is 5.91 Å². The minimum Gasteiger partial charge on any atom is -0.376 e. The summed E-state index contributed by atoms with van der Waals surface area (Å²) in [7, 11) is 0. The highest BCUT2D eigenvalue weighted by atomic mass is 16.5. The number of carbonyl (C=O) groups excluding carboxylic acids is 1. The van der Waals surface area contributed by atoms with Gasteiger partial charge < -0.3 is 4.74 Å². The Morgan fingerprint density at radius 1 is 1.67 bits per heavy atom. The first-order valence-corrected chi connectivity index (χ1v) is 5.94. The predicted molar refractivity (Wildman–Crippen MR) is 63.5 cm³/mol. The van der Waals surface area contributed by atoms with Crippen molar-refractivity contribution in [1.82, 2.24) is 25.3 Å². The van der Waals surface area contributed by atoms with E-state index < -0.39 is 5.91 Å². The van der Waals surface area contributed by atoms with Gasteiger partial charge in [-0.1, -0.05) is 5.21 Å². The maximum atomic E-state index is 11.2. The van der Waals surface area contributed by atoms with E-state index in [2.05, 4.69) is 22.1 Å². The summed E-state index contributed by atoms with van der Waals surface area (Å²) in [6, 6.07) is 0. The third-order valence-electron chi connectivity index (χ3n) is 2.87. The number of ether oxygens (including phenoxy) is 1. The Kier molecular flexibility index (Phi) is 4.24. The van der Waals surface area contributed by atoms with Crippen molar-refractivity contribution in [3.8, 4) is 0 Å². The number of rotatable bonds is 4. The summed E-state index contributed by atoms with van der Waals surface area (Å²) < 4.78 is 7.11. The number of hydrogen-bond donors (Lipinski definition) is 2. The maximum Gasteiger partial charge on any atom is 0.287 e. The molecule has 1 aliphatic rings. The van der Waals surface area contributed by atoms with E-state index in [0.717, 1.165) is 26.2 Å². The number of carbonyl (C=O) groups is 1. The van der Waals surface area contributed by atoms with Crippen LogP contribution in [0.2, 0.25) is 0 Å². The van der Waals surface area contributed by atoms with Crippen LogP contribution in [0.25, 0.3) is 0 Å². The summed E-state index contributed by atoms with van der Waals surface area (Å²) in [5, 5.41) is 7.62. The van der Waals surface area contributed by atoms with Gasteiger partial charge in [-0.2, -0.15) is 0 Å². The fourth-order valence-corrected chi connectivity index (χ4v) is 1.92. The highest BCUT2D eigenvalue weighted by Crippen LogP contribution is 2.04. The van der Waals surface area contributed by atoms with Gasteiger partial charge in [-0.25, -0.2) is 5.84 Å². The van der Waals surface area contributed by atoms with Gasteiger partial charge in [0, 0.05) is 19.6 Å². The molecule has 0 aromatic carbocycles. The molecule has 100 valence electrons. The van der Waals surface area contributed by atoms with Crippen LogP contribution in [-0.2, 0) is 11.3 Å². The number of hydrazine groups is 1. The standard InChI is InChI=1S/C10H18N6O2/c1-8-6-15(4-5-18-8)2-3-16-7-9(13-14-16)10(17)12-11/h7-8H,2-6,11H2,1H3,(H,12,17). The molecule has 8 heteroatoms. The second-order valence-electron chi connectivity index (χ2n) is 4.32. The van der Waals surface area contributed by atoms with Crippen LogP contribution in [-0.4, -0.2) is 58.1 Å². The summed E-state index contributed by atoms with van der Waals surface area (Å²) in [5.41, 5.74) is 2.25. The predicted octanol–water partition coefficient (Wildman–Crippen LogP) is -1.40. The molecule has 1 atom stereocenters. The van der Waals surface area contributed by atoms with Crippen molar-refractivity contribution in [3.05, 3.63) is 11.9 Å². The van der Waals surface area contributed by atoms with E-state index >= 15 is 0 Å². The summed E-state index contributed by atoms with van der Waals surface area (Å²) in [4.78, 5) is 13.5. The zero-order chi connectivity index (χ0) is 13.0. The van der Waals surface area contributed by atoms with Gasteiger partial charge in [0.2, 0.25) is 0 Å². The molecule has 18 heavy (non-hydrogen) atoms. The van der Waals surface area contributed by atoms with Crippen LogP contribution in [0.4, 0.5) is 0 Å². The zero-order valence-corrected chi connectivity index (χ0v) is 10.4.